The second-order valence-corrected chi connectivity index (χ2v) is 4.50. The smallest absolute Gasteiger partial charge is 0.0510 e. The summed E-state index contributed by atoms with van der Waals surface area (Å²) < 4.78 is 5.35. The van der Waals surface area contributed by atoms with Crippen LogP contribution in [0.15, 0.2) is 18.3 Å². The minimum Gasteiger partial charge on any atom is -0.381 e. The van der Waals surface area contributed by atoms with E-state index >= 15 is 0 Å². The Bertz CT molecular complexity index is 317. The molecule has 88 valence electrons. The summed E-state index contributed by atoms with van der Waals surface area (Å²) in [6, 6.07) is 4.41. The van der Waals surface area contributed by atoms with Crippen molar-refractivity contribution < 1.29 is 4.74 Å². The molecule has 1 aromatic rings. The monoisotopic (exact) mass is 220 g/mol. The lowest BCUT2D eigenvalue weighted by molar-refractivity contribution is 0.180. The SMILES string of the molecule is CCc1ccc(CC(N)C2CCOC2)nc1. The van der Waals surface area contributed by atoms with Crippen molar-refractivity contribution in [1.29, 1.82) is 0 Å². The first-order chi connectivity index (χ1) is 7.79. The quantitative estimate of drug-likeness (QED) is 0.837. The van der Waals surface area contributed by atoms with Crippen LogP contribution < -0.4 is 5.73 Å². The Morgan fingerprint density at radius 2 is 2.44 bits per heavy atom. The molecule has 3 nitrogen and oxygen atoms in total. The molecule has 1 aliphatic rings. The topological polar surface area (TPSA) is 48.1 Å². The minimum absolute atomic E-state index is 0.183. The van der Waals surface area contributed by atoms with E-state index in [9.17, 15) is 0 Å². The highest BCUT2D eigenvalue weighted by molar-refractivity contribution is 5.14. The average Bonchev–Trinajstić information content (AvgIpc) is 2.83. The number of ether oxygens (including phenoxy) is 1. The first kappa shape index (κ1) is 11.6. The Hall–Kier alpha value is -0.930. The third kappa shape index (κ3) is 2.80. The summed E-state index contributed by atoms with van der Waals surface area (Å²) in [4.78, 5) is 4.44. The Morgan fingerprint density at radius 1 is 1.56 bits per heavy atom. The maximum atomic E-state index is 6.16. The van der Waals surface area contributed by atoms with Gasteiger partial charge in [0.25, 0.3) is 0 Å². The maximum absolute atomic E-state index is 6.16. The molecular weight excluding hydrogens is 200 g/mol. The fourth-order valence-corrected chi connectivity index (χ4v) is 2.08. The number of aromatic nitrogens is 1. The van der Waals surface area contributed by atoms with Gasteiger partial charge in [-0.3, -0.25) is 4.98 Å². The van der Waals surface area contributed by atoms with E-state index in [4.69, 9.17) is 10.5 Å². The molecule has 0 amide bonds. The molecule has 2 unspecified atom stereocenters. The van der Waals surface area contributed by atoms with Crippen LogP contribution in [0.1, 0.15) is 24.6 Å². The zero-order valence-electron chi connectivity index (χ0n) is 9.86. The van der Waals surface area contributed by atoms with Crippen molar-refractivity contribution >= 4 is 0 Å². The molecule has 0 spiro atoms. The van der Waals surface area contributed by atoms with E-state index in [2.05, 4.69) is 24.0 Å². The molecule has 1 aromatic heterocycles. The molecule has 2 rings (SSSR count). The van der Waals surface area contributed by atoms with Crippen LogP contribution in [0.2, 0.25) is 0 Å². The lowest BCUT2D eigenvalue weighted by Gasteiger charge is -2.16. The van der Waals surface area contributed by atoms with E-state index < -0.39 is 0 Å². The van der Waals surface area contributed by atoms with Gasteiger partial charge in [-0.05, 0) is 30.4 Å². The van der Waals surface area contributed by atoms with Crippen LogP contribution in [0.3, 0.4) is 0 Å². The van der Waals surface area contributed by atoms with Crippen molar-refractivity contribution in [3.63, 3.8) is 0 Å². The Labute approximate surface area is 97.0 Å². The van der Waals surface area contributed by atoms with Gasteiger partial charge in [0, 0.05) is 31.0 Å². The maximum Gasteiger partial charge on any atom is 0.0510 e. The summed E-state index contributed by atoms with van der Waals surface area (Å²) in [5.74, 6) is 0.507. The first-order valence-electron chi connectivity index (χ1n) is 6.06. The molecule has 1 saturated heterocycles. The molecule has 1 aliphatic heterocycles. The van der Waals surface area contributed by atoms with Crippen LogP contribution >= 0.6 is 0 Å². The minimum atomic E-state index is 0.183. The van der Waals surface area contributed by atoms with Gasteiger partial charge in [-0.25, -0.2) is 0 Å². The van der Waals surface area contributed by atoms with Crippen molar-refractivity contribution in [2.75, 3.05) is 13.2 Å². The highest BCUT2D eigenvalue weighted by Gasteiger charge is 2.23. The number of hydrogen-bond acceptors (Lipinski definition) is 3. The number of hydrogen-bond donors (Lipinski definition) is 1. The van der Waals surface area contributed by atoms with Crippen molar-refractivity contribution in [3.05, 3.63) is 29.6 Å². The molecule has 3 heteroatoms. The normalized spacial score (nSPS) is 22.2. The summed E-state index contributed by atoms with van der Waals surface area (Å²) in [6.07, 6.45) is 4.94. The summed E-state index contributed by atoms with van der Waals surface area (Å²) in [5, 5.41) is 0. The van der Waals surface area contributed by atoms with Gasteiger partial charge in [-0.15, -0.1) is 0 Å². The predicted octanol–water partition coefficient (Wildman–Crippen LogP) is 1.55. The molecule has 16 heavy (non-hydrogen) atoms. The van der Waals surface area contributed by atoms with Crippen molar-refractivity contribution in [1.82, 2.24) is 4.98 Å². The lowest BCUT2D eigenvalue weighted by Crippen LogP contribution is -2.32. The number of nitrogens with two attached hydrogens (primary N) is 1. The largest absolute Gasteiger partial charge is 0.381 e. The van der Waals surface area contributed by atoms with E-state index in [1.54, 1.807) is 0 Å². The Balaban J connectivity index is 1.92. The molecule has 1 fully saturated rings. The summed E-state index contributed by atoms with van der Waals surface area (Å²) >= 11 is 0. The van der Waals surface area contributed by atoms with Gasteiger partial charge in [0.1, 0.15) is 0 Å². The molecule has 0 radical (unpaired) electrons. The number of aryl methyl sites for hydroxylation is 1. The first-order valence-corrected chi connectivity index (χ1v) is 6.06. The standard InChI is InChI=1S/C13H20N2O/c1-2-10-3-4-12(15-8-10)7-13(14)11-5-6-16-9-11/h3-4,8,11,13H,2,5-7,9,14H2,1H3. The van der Waals surface area contributed by atoms with Gasteiger partial charge in [-0.1, -0.05) is 13.0 Å². The predicted molar refractivity (Wildman–Crippen MR) is 64.2 cm³/mol. The molecule has 2 heterocycles. The van der Waals surface area contributed by atoms with E-state index in [1.165, 1.54) is 5.56 Å². The second-order valence-electron chi connectivity index (χ2n) is 4.50. The van der Waals surface area contributed by atoms with Crippen LogP contribution in [-0.4, -0.2) is 24.2 Å². The van der Waals surface area contributed by atoms with Gasteiger partial charge in [0.15, 0.2) is 0 Å². The Morgan fingerprint density at radius 3 is 3.00 bits per heavy atom. The average molecular weight is 220 g/mol. The van der Waals surface area contributed by atoms with Crippen molar-refractivity contribution in [3.8, 4) is 0 Å². The van der Waals surface area contributed by atoms with Crippen LogP contribution in [0.5, 0.6) is 0 Å². The van der Waals surface area contributed by atoms with E-state index in [0.717, 1.165) is 38.2 Å². The van der Waals surface area contributed by atoms with Crippen LogP contribution in [0.4, 0.5) is 0 Å². The summed E-state index contributed by atoms with van der Waals surface area (Å²) in [7, 11) is 0. The Kier molecular flexibility index (Phi) is 3.91. The van der Waals surface area contributed by atoms with Gasteiger partial charge in [0.05, 0.1) is 6.61 Å². The lowest BCUT2D eigenvalue weighted by atomic mass is 9.95. The molecule has 0 saturated carbocycles. The molecular formula is C13H20N2O. The molecule has 0 aromatic carbocycles. The third-order valence-electron chi connectivity index (χ3n) is 3.31. The number of pyridine rings is 1. The third-order valence-corrected chi connectivity index (χ3v) is 3.31. The summed E-state index contributed by atoms with van der Waals surface area (Å²) in [6.45, 7) is 3.81. The number of nitrogens with zero attached hydrogens (tertiary/aromatic N) is 1. The molecule has 0 aliphatic carbocycles. The fraction of sp³-hybridized carbons (Fsp3) is 0.615. The van der Waals surface area contributed by atoms with Gasteiger partial charge in [-0.2, -0.15) is 0 Å². The zero-order valence-corrected chi connectivity index (χ0v) is 9.86. The second kappa shape index (κ2) is 5.41. The highest BCUT2D eigenvalue weighted by atomic mass is 16.5. The summed E-state index contributed by atoms with van der Waals surface area (Å²) in [5.41, 5.74) is 8.53. The van der Waals surface area contributed by atoms with E-state index in [-0.39, 0.29) is 6.04 Å². The zero-order chi connectivity index (χ0) is 11.4. The molecule has 0 bridgehead atoms. The van der Waals surface area contributed by atoms with Gasteiger partial charge < -0.3 is 10.5 Å². The van der Waals surface area contributed by atoms with Crippen LogP contribution in [0.25, 0.3) is 0 Å². The fourth-order valence-electron chi connectivity index (χ4n) is 2.08. The molecule has 2 atom stereocenters. The van der Waals surface area contributed by atoms with Crippen molar-refractivity contribution in [2.45, 2.75) is 32.2 Å². The van der Waals surface area contributed by atoms with Crippen LogP contribution in [0, 0.1) is 5.92 Å². The number of rotatable bonds is 4. The van der Waals surface area contributed by atoms with Gasteiger partial charge >= 0.3 is 0 Å². The van der Waals surface area contributed by atoms with Crippen LogP contribution in [-0.2, 0) is 17.6 Å². The molecule has 2 N–H and O–H groups in total. The van der Waals surface area contributed by atoms with E-state index in [0.29, 0.717) is 5.92 Å². The van der Waals surface area contributed by atoms with Gasteiger partial charge in [0.2, 0.25) is 0 Å². The highest BCUT2D eigenvalue weighted by Crippen LogP contribution is 2.17. The van der Waals surface area contributed by atoms with E-state index in [1.807, 2.05) is 6.20 Å². The van der Waals surface area contributed by atoms with Crippen molar-refractivity contribution in [2.24, 2.45) is 11.7 Å².